The first-order valence-corrected chi connectivity index (χ1v) is 13.1. The van der Waals surface area contributed by atoms with Crippen LogP contribution < -0.4 is 24.5 Å². The number of ether oxygens (including phenoxy) is 4. The molecular weight excluding hydrogens is 552 g/mol. The van der Waals surface area contributed by atoms with E-state index in [-0.39, 0.29) is 35.2 Å². The summed E-state index contributed by atoms with van der Waals surface area (Å²) in [5, 5.41) is 10.0. The van der Waals surface area contributed by atoms with E-state index in [2.05, 4.69) is 0 Å². The number of benzene rings is 1. The van der Waals surface area contributed by atoms with Crippen LogP contribution in [0.15, 0.2) is 41.3 Å². The standard InChI is InChI=1S/C30H31F2N3O7/c1-30(2,3)20-12-21-24(33-26-23(42-29(31)32)10-17(40-5)14-34(21)26)25-18(20)11-19(28(37)38)27(36)35(25)13-15-7-8-16(39-4)9-22(15)41-6/h7-11,14,20,29H,12-13H2,1-6H3,(H,37,38)/t20-/m0/s1. The highest BCUT2D eigenvalue weighted by Crippen LogP contribution is 2.48. The van der Waals surface area contributed by atoms with Crippen LogP contribution in [-0.2, 0) is 13.0 Å². The number of imidazole rings is 1. The lowest BCUT2D eigenvalue weighted by Crippen LogP contribution is -2.34. The molecule has 4 aromatic rings. The fraction of sp³-hybridized carbons (Fsp3) is 0.367. The molecule has 0 bridgehead atoms. The normalized spacial score (nSPS) is 14.5. The van der Waals surface area contributed by atoms with Crippen LogP contribution in [0, 0.1) is 5.41 Å². The number of pyridine rings is 2. The van der Waals surface area contributed by atoms with Gasteiger partial charge in [0.25, 0.3) is 5.56 Å². The monoisotopic (exact) mass is 583 g/mol. The van der Waals surface area contributed by atoms with E-state index in [1.165, 1.54) is 38.0 Å². The molecule has 0 amide bonds. The molecule has 1 aliphatic carbocycles. The van der Waals surface area contributed by atoms with Crippen molar-refractivity contribution in [2.45, 2.75) is 46.3 Å². The molecule has 1 N–H and O–H groups in total. The molecule has 1 atom stereocenters. The molecule has 5 rings (SSSR count). The first kappa shape index (κ1) is 28.9. The van der Waals surface area contributed by atoms with Gasteiger partial charge in [-0.1, -0.05) is 20.8 Å². The third-order valence-corrected chi connectivity index (χ3v) is 7.63. The lowest BCUT2D eigenvalue weighted by atomic mass is 9.70. The van der Waals surface area contributed by atoms with E-state index in [9.17, 15) is 23.5 Å². The van der Waals surface area contributed by atoms with Gasteiger partial charge < -0.3 is 28.6 Å². The molecule has 1 aliphatic rings. The zero-order valence-corrected chi connectivity index (χ0v) is 24.0. The maximum absolute atomic E-state index is 13.8. The predicted octanol–water partition coefficient (Wildman–Crippen LogP) is 5.22. The molecule has 42 heavy (non-hydrogen) atoms. The number of aromatic nitrogens is 3. The summed E-state index contributed by atoms with van der Waals surface area (Å²) >= 11 is 0. The molecule has 222 valence electrons. The Hall–Kier alpha value is -4.61. The minimum atomic E-state index is -3.11. The van der Waals surface area contributed by atoms with Gasteiger partial charge >= 0.3 is 12.6 Å². The van der Waals surface area contributed by atoms with E-state index in [0.717, 1.165) is 0 Å². The lowest BCUT2D eigenvalue weighted by Gasteiger charge is -2.36. The summed E-state index contributed by atoms with van der Waals surface area (Å²) in [4.78, 5) is 30.9. The summed E-state index contributed by atoms with van der Waals surface area (Å²) in [5.74, 6) is -0.567. The smallest absolute Gasteiger partial charge is 0.387 e. The summed E-state index contributed by atoms with van der Waals surface area (Å²) in [5.41, 5.74) is 1.22. The second kappa shape index (κ2) is 10.7. The van der Waals surface area contributed by atoms with Gasteiger partial charge in [-0.15, -0.1) is 0 Å². The highest BCUT2D eigenvalue weighted by Gasteiger charge is 2.39. The van der Waals surface area contributed by atoms with Crippen molar-refractivity contribution in [3.05, 3.63) is 69.3 Å². The van der Waals surface area contributed by atoms with Gasteiger partial charge in [-0.2, -0.15) is 8.78 Å². The molecular formula is C30H31F2N3O7. The van der Waals surface area contributed by atoms with Crippen LogP contribution in [0.2, 0.25) is 0 Å². The van der Waals surface area contributed by atoms with Gasteiger partial charge in [0.1, 0.15) is 28.5 Å². The van der Waals surface area contributed by atoms with Gasteiger partial charge in [-0.3, -0.25) is 9.20 Å². The van der Waals surface area contributed by atoms with Crippen molar-refractivity contribution in [3.8, 4) is 34.4 Å². The number of carboxylic acid groups (broad SMARTS) is 1. The van der Waals surface area contributed by atoms with Crippen molar-refractivity contribution in [2.24, 2.45) is 5.41 Å². The number of halogens is 2. The minimum Gasteiger partial charge on any atom is -0.497 e. The van der Waals surface area contributed by atoms with Crippen molar-refractivity contribution in [2.75, 3.05) is 21.3 Å². The zero-order valence-electron chi connectivity index (χ0n) is 24.0. The molecule has 3 heterocycles. The number of nitrogens with zero attached hydrogens (tertiary/aromatic N) is 3. The van der Waals surface area contributed by atoms with Gasteiger partial charge in [0.15, 0.2) is 11.4 Å². The third kappa shape index (κ3) is 4.90. The first-order chi connectivity index (χ1) is 19.9. The Morgan fingerprint density at radius 2 is 1.76 bits per heavy atom. The minimum absolute atomic E-state index is 0.0522. The second-order valence-electron chi connectivity index (χ2n) is 11.1. The number of alkyl halides is 2. The fourth-order valence-electron chi connectivity index (χ4n) is 5.57. The van der Waals surface area contributed by atoms with Crippen molar-refractivity contribution in [1.82, 2.24) is 14.0 Å². The Kier molecular flexibility index (Phi) is 7.33. The maximum atomic E-state index is 13.8. The number of rotatable bonds is 8. The van der Waals surface area contributed by atoms with E-state index < -0.39 is 23.6 Å². The summed E-state index contributed by atoms with van der Waals surface area (Å²) in [7, 11) is 4.42. The number of methoxy groups -OCH3 is 3. The number of fused-ring (bicyclic) bond motifs is 5. The van der Waals surface area contributed by atoms with Crippen LogP contribution in [0.25, 0.3) is 17.0 Å². The molecule has 10 nitrogen and oxygen atoms in total. The largest absolute Gasteiger partial charge is 0.497 e. The van der Waals surface area contributed by atoms with Crippen molar-refractivity contribution >= 4 is 11.6 Å². The van der Waals surface area contributed by atoms with Crippen LogP contribution in [-0.4, -0.2) is 53.0 Å². The Morgan fingerprint density at radius 1 is 1.07 bits per heavy atom. The Morgan fingerprint density at radius 3 is 2.36 bits per heavy atom. The average Bonchev–Trinajstić information content (AvgIpc) is 3.31. The van der Waals surface area contributed by atoms with Crippen LogP contribution in [0.1, 0.15) is 53.9 Å². The van der Waals surface area contributed by atoms with Crippen LogP contribution in [0.4, 0.5) is 8.78 Å². The zero-order chi connectivity index (χ0) is 30.5. The van der Waals surface area contributed by atoms with Crippen molar-refractivity contribution in [3.63, 3.8) is 0 Å². The molecule has 0 saturated heterocycles. The predicted molar refractivity (Wildman–Crippen MR) is 150 cm³/mol. The number of aromatic carboxylic acids is 1. The maximum Gasteiger partial charge on any atom is 0.387 e. The van der Waals surface area contributed by atoms with E-state index in [1.807, 2.05) is 20.8 Å². The molecule has 3 aromatic heterocycles. The number of hydrogen-bond donors (Lipinski definition) is 1. The summed E-state index contributed by atoms with van der Waals surface area (Å²) in [6, 6.07) is 7.86. The molecule has 1 aromatic carbocycles. The number of carboxylic acids is 1. The second-order valence-corrected chi connectivity index (χ2v) is 11.1. The van der Waals surface area contributed by atoms with Gasteiger partial charge in [-0.25, -0.2) is 9.78 Å². The average molecular weight is 584 g/mol. The van der Waals surface area contributed by atoms with E-state index in [4.69, 9.17) is 23.9 Å². The topological polar surface area (TPSA) is 114 Å². The van der Waals surface area contributed by atoms with Crippen molar-refractivity contribution in [1.29, 1.82) is 0 Å². The summed E-state index contributed by atoms with van der Waals surface area (Å²) in [6.07, 6.45) is 2.02. The fourth-order valence-corrected chi connectivity index (χ4v) is 5.57. The molecule has 0 saturated carbocycles. The van der Waals surface area contributed by atoms with Crippen LogP contribution >= 0.6 is 0 Å². The Balaban J connectivity index is 1.88. The molecule has 0 aliphatic heterocycles. The highest BCUT2D eigenvalue weighted by atomic mass is 19.3. The highest BCUT2D eigenvalue weighted by molar-refractivity contribution is 5.88. The van der Waals surface area contributed by atoms with Gasteiger partial charge in [0.2, 0.25) is 0 Å². The van der Waals surface area contributed by atoms with Gasteiger partial charge in [0, 0.05) is 17.7 Å². The van der Waals surface area contributed by atoms with Crippen molar-refractivity contribution < 1.29 is 37.6 Å². The van der Waals surface area contributed by atoms with Gasteiger partial charge in [0.05, 0.1) is 45.5 Å². The molecule has 0 unspecified atom stereocenters. The van der Waals surface area contributed by atoms with E-state index in [0.29, 0.717) is 46.1 Å². The summed E-state index contributed by atoms with van der Waals surface area (Å²) in [6.45, 7) is 2.89. The molecule has 12 heteroatoms. The molecule has 0 fully saturated rings. The molecule has 0 radical (unpaired) electrons. The van der Waals surface area contributed by atoms with Crippen LogP contribution in [0.3, 0.4) is 0 Å². The third-order valence-electron chi connectivity index (χ3n) is 7.63. The SMILES string of the molecule is COc1ccc(Cn2c3c(cc(C(=O)O)c2=O)[C@@H](C(C)(C)C)Cc2c-3nc3c(OC(F)F)cc(OC)cn23)c(OC)c1. The number of hydrogen-bond acceptors (Lipinski definition) is 7. The number of carbonyl (C=O) groups is 1. The summed E-state index contributed by atoms with van der Waals surface area (Å²) < 4.78 is 50.9. The molecule has 0 spiro atoms. The first-order valence-electron chi connectivity index (χ1n) is 13.1. The lowest BCUT2D eigenvalue weighted by molar-refractivity contribution is -0.0492. The van der Waals surface area contributed by atoms with Gasteiger partial charge in [-0.05, 0) is 41.5 Å². The Labute approximate surface area is 240 Å². The van der Waals surface area contributed by atoms with Crippen LogP contribution in [0.5, 0.6) is 23.0 Å². The Bertz CT molecular complexity index is 1750. The van der Waals surface area contributed by atoms with E-state index in [1.54, 1.807) is 28.8 Å². The van der Waals surface area contributed by atoms with E-state index >= 15 is 0 Å². The quantitative estimate of drug-likeness (QED) is 0.300.